The lowest BCUT2D eigenvalue weighted by atomic mass is 10.1. The fourth-order valence-corrected chi connectivity index (χ4v) is 2.98. The molecule has 1 aromatic heterocycles. The van der Waals surface area contributed by atoms with Crippen molar-refractivity contribution in [1.29, 1.82) is 0 Å². The van der Waals surface area contributed by atoms with Gasteiger partial charge in [0, 0.05) is 38.2 Å². The number of amides is 2. The molecule has 4 rings (SSSR count). The Morgan fingerprint density at radius 1 is 1.30 bits per heavy atom. The number of hydrogen-bond donors (Lipinski definition) is 0. The van der Waals surface area contributed by atoms with Crippen LogP contribution in [-0.2, 0) is 9.59 Å². The van der Waals surface area contributed by atoms with Crippen LogP contribution < -0.4 is 4.90 Å². The molecule has 1 aliphatic carbocycles. The predicted octanol–water partition coefficient (Wildman–Crippen LogP) is 0.803. The van der Waals surface area contributed by atoms with Gasteiger partial charge in [0.2, 0.25) is 11.8 Å². The standard InChI is InChI=1S/C14H18N4O2/c19-13-2-1-5-17(13)11-6-15-18(9-11)12-7-16(8-12)14(20)10-3-4-10/h6,9-10,12H,1-5,7-8H2. The number of aromatic nitrogens is 2. The molecule has 2 amide bonds. The van der Waals surface area contributed by atoms with E-state index in [1.165, 1.54) is 0 Å². The zero-order chi connectivity index (χ0) is 13.7. The molecule has 6 heteroatoms. The maximum Gasteiger partial charge on any atom is 0.227 e. The highest BCUT2D eigenvalue weighted by atomic mass is 16.2. The number of hydrogen-bond acceptors (Lipinski definition) is 3. The lowest BCUT2D eigenvalue weighted by molar-refractivity contribution is -0.138. The Labute approximate surface area is 117 Å². The molecular weight excluding hydrogens is 256 g/mol. The minimum atomic E-state index is 0.184. The van der Waals surface area contributed by atoms with Crippen LogP contribution in [0.3, 0.4) is 0 Å². The van der Waals surface area contributed by atoms with E-state index in [4.69, 9.17) is 0 Å². The summed E-state index contributed by atoms with van der Waals surface area (Å²) in [5.74, 6) is 0.790. The second kappa shape index (κ2) is 4.33. The summed E-state index contributed by atoms with van der Waals surface area (Å²) in [7, 11) is 0. The Morgan fingerprint density at radius 3 is 2.75 bits per heavy atom. The van der Waals surface area contributed by atoms with Gasteiger partial charge < -0.3 is 9.80 Å². The Morgan fingerprint density at radius 2 is 2.10 bits per heavy atom. The Kier molecular flexibility index (Phi) is 2.58. The molecule has 1 aromatic rings. The molecule has 0 radical (unpaired) electrons. The van der Waals surface area contributed by atoms with E-state index in [1.54, 1.807) is 11.1 Å². The van der Waals surface area contributed by atoms with Crippen molar-refractivity contribution in [1.82, 2.24) is 14.7 Å². The quantitative estimate of drug-likeness (QED) is 0.819. The second-order valence-electron chi connectivity index (χ2n) is 6.00. The van der Waals surface area contributed by atoms with E-state index in [9.17, 15) is 9.59 Å². The molecule has 3 aliphatic rings. The predicted molar refractivity (Wildman–Crippen MR) is 72.2 cm³/mol. The molecule has 2 saturated heterocycles. The van der Waals surface area contributed by atoms with Crippen molar-refractivity contribution in [3.8, 4) is 0 Å². The molecule has 0 bridgehead atoms. The van der Waals surface area contributed by atoms with E-state index in [2.05, 4.69) is 5.10 Å². The molecule has 106 valence electrons. The zero-order valence-electron chi connectivity index (χ0n) is 11.4. The summed E-state index contributed by atoms with van der Waals surface area (Å²) >= 11 is 0. The largest absolute Gasteiger partial charge is 0.338 e. The van der Waals surface area contributed by atoms with Crippen LogP contribution in [-0.4, -0.2) is 46.1 Å². The third-order valence-electron chi connectivity index (χ3n) is 4.45. The summed E-state index contributed by atoms with van der Waals surface area (Å²) in [6, 6.07) is 0.268. The number of nitrogens with zero attached hydrogens (tertiary/aromatic N) is 4. The van der Waals surface area contributed by atoms with Crippen LogP contribution in [0.15, 0.2) is 12.4 Å². The van der Waals surface area contributed by atoms with Gasteiger partial charge in [0.05, 0.1) is 17.9 Å². The fourth-order valence-electron chi connectivity index (χ4n) is 2.98. The summed E-state index contributed by atoms with van der Waals surface area (Å²) in [5.41, 5.74) is 0.888. The number of rotatable bonds is 3. The van der Waals surface area contributed by atoms with Gasteiger partial charge in [0.1, 0.15) is 0 Å². The van der Waals surface area contributed by atoms with E-state index in [1.807, 2.05) is 15.8 Å². The van der Waals surface area contributed by atoms with Gasteiger partial charge in [-0.1, -0.05) is 0 Å². The van der Waals surface area contributed by atoms with Gasteiger partial charge in [0.25, 0.3) is 0 Å². The van der Waals surface area contributed by atoms with E-state index in [0.717, 1.165) is 44.6 Å². The molecule has 2 aliphatic heterocycles. The van der Waals surface area contributed by atoms with Gasteiger partial charge in [-0.25, -0.2) is 0 Å². The van der Waals surface area contributed by atoms with Crippen LogP contribution in [0.4, 0.5) is 5.69 Å². The fraction of sp³-hybridized carbons (Fsp3) is 0.643. The maximum atomic E-state index is 11.9. The average molecular weight is 274 g/mol. The molecule has 3 heterocycles. The molecule has 0 spiro atoms. The molecule has 0 N–H and O–H groups in total. The zero-order valence-corrected chi connectivity index (χ0v) is 11.4. The van der Waals surface area contributed by atoms with Gasteiger partial charge >= 0.3 is 0 Å². The minimum absolute atomic E-state index is 0.184. The molecule has 0 aromatic carbocycles. The van der Waals surface area contributed by atoms with Crippen LogP contribution in [0.25, 0.3) is 0 Å². The molecule has 0 atom stereocenters. The summed E-state index contributed by atoms with van der Waals surface area (Å²) in [6.45, 7) is 2.30. The first-order chi connectivity index (χ1) is 9.72. The van der Waals surface area contributed by atoms with E-state index in [-0.39, 0.29) is 11.9 Å². The number of carbonyl (C=O) groups is 2. The van der Waals surface area contributed by atoms with Gasteiger partial charge in [-0.3, -0.25) is 14.3 Å². The lowest BCUT2D eigenvalue weighted by Gasteiger charge is -2.39. The van der Waals surface area contributed by atoms with Crippen molar-refractivity contribution < 1.29 is 9.59 Å². The summed E-state index contributed by atoms with van der Waals surface area (Å²) in [5, 5.41) is 4.36. The van der Waals surface area contributed by atoms with E-state index >= 15 is 0 Å². The van der Waals surface area contributed by atoms with Crippen molar-refractivity contribution in [2.75, 3.05) is 24.5 Å². The highest BCUT2D eigenvalue weighted by Gasteiger charge is 2.40. The molecule has 6 nitrogen and oxygen atoms in total. The van der Waals surface area contributed by atoms with E-state index < -0.39 is 0 Å². The molecule has 3 fully saturated rings. The first-order valence-corrected chi connectivity index (χ1v) is 7.35. The Hall–Kier alpha value is -1.85. The monoisotopic (exact) mass is 274 g/mol. The third-order valence-corrected chi connectivity index (χ3v) is 4.45. The average Bonchev–Trinajstić information content (AvgIpc) is 2.99. The first-order valence-electron chi connectivity index (χ1n) is 7.35. The SMILES string of the molecule is O=C(C1CC1)N1CC(n2cc(N3CCCC3=O)cn2)C1. The normalized spacial score (nSPS) is 23.3. The molecule has 20 heavy (non-hydrogen) atoms. The van der Waals surface area contributed by atoms with Crippen molar-refractivity contribution in [3.05, 3.63) is 12.4 Å². The van der Waals surface area contributed by atoms with Crippen molar-refractivity contribution in [2.45, 2.75) is 31.7 Å². The summed E-state index contributed by atoms with van der Waals surface area (Å²) in [4.78, 5) is 27.3. The van der Waals surface area contributed by atoms with Crippen LogP contribution in [0.1, 0.15) is 31.7 Å². The van der Waals surface area contributed by atoms with Crippen LogP contribution in [0, 0.1) is 5.92 Å². The van der Waals surface area contributed by atoms with Crippen LogP contribution in [0.5, 0.6) is 0 Å². The highest BCUT2D eigenvalue weighted by Crippen LogP contribution is 2.34. The van der Waals surface area contributed by atoms with Gasteiger partial charge in [-0.05, 0) is 19.3 Å². The minimum Gasteiger partial charge on any atom is -0.338 e. The Bertz CT molecular complexity index is 557. The third kappa shape index (κ3) is 1.90. The van der Waals surface area contributed by atoms with Gasteiger partial charge in [-0.15, -0.1) is 0 Å². The van der Waals surface area contributed by atoms with Crippen molar-refractivity contribution in [3.63, 3.8) is 0 Å². The van der Waals surface area contributed by atoms with Crippen molar-refractivity contribution >= 4 is 17.5 Å². The van der Waals surface area contributed by atoms with Crippen molar-refractivity contribution in [2.24, 2.45) is 5.92 Å². The number of likely N-dealkylation sites (tertiary alicyclic amines) is 1. The van der Waals surface area contributed by atoms with Crippen LogP contribution in [0.2, 0.25) is 0 Å². The van der Waals surface area contributed by atoms with Gasteiger partial charge in [-0.2, -0.15) is 5.10 Å². The highest BCUT2D eigenvalue weighted by molar-refractivity contribution is 5.95. The lowest BCUT2D eigenvalue weighted by Crippen LogP contribution is -2.51. The second-order valence-corrected chi connectivity index (χ2v) is 6.00. The van der Waals surface area contributed by atoms with Crippen LogP contribution >= 0.6 is 0 Å². The summed E-state index contributed by atoms with van der Waals surface area (Å²) < 4.78 is 1.90. The smallest absolute Gasteiger partial charge is 0.227 e. The number of carbonyl (C=O) groups excluding carboxylic acids is 2. The molecular formula is C14H18N4O2. The maximum absolute atomic E-state index is 11.9. The van der Waals surface area contributed by atoms with Gasteiger partial charge in [0.15, 0.2) is 0 Å². The summed E-state index contributed by atoms with van der Waals surface area (Å²) in [6.07, 6.45) is 7.38. The molecule has 0 unspecified atom stereocenters. The van der Waals surface area contributed by atoms with E-state index in [0.29, 0.717) is 18.2 Å². The Balaban J connectivity index is 1.39. The molecule has 1 saturated carbocycles. The first kappa shape index (κ1) is 11.9. The topological polar surface area (TPSA) is 58.4 Å². The number of anilines is 1.